The largest absolute Gasteiger partial charge is 0.497 e. The van der Waals surface area contributed by atoms with Crippen molar-refractivity contribution in [2.45, 2.75) is 20.8 Å². The fourth-order valence-electron chi connectivity index (χ4n) is 2.58. The van der Waals surface area contributed by atoms with Crippen LogP contribution >= 0.6 is 11.3 Å². The standard InChI is InChI=1S/C20H21N3OS/c1-13-5-10-18(14(2)11-13)19-12-25-20(21-19)23-22-15(3)16-6-8-17(24-4)9-7-16/h5-12H,1-4H3,(H,21,23)/b22-15-. The minimum Gasteiger partial charge on any atom is -0.497 e. The SMILES string of the molecule is COc1ccc(/C(C)=N\Nc2nc(-c3ccc(C)cc3C)cs2)cc1. The summed E-state index contributed by atoms with van der Waals surface area (Å²) in [4.78, 5) is 4.64. The molecule has 0 aliphatic rings. The number of hydrazone groups is 1. The molecule has 1 N–H and O–H groups in total. The highest BCUT2D eigenvalue weighted by atomic mass is 32.1. The first-order valence-electron chi connectivity index (χ1n) is 8.04. The van der Waals surface area contributed by atoms with Crippen molar-refractivity contribution in [1.29, 1.82) is 0 Å². The molecule has 0 aliphatic heterocycles. The topological polar surface area (TPSA) is 46.5 Å². The van der Waals surface area contributed by atoms with Crippen LogP contribution in [-0.4, -0.2) is 17.8 Å². The minimum absolute atomic E-state index is 0.780. The quantitative estimate of drug-likeness (QED) is 0.503. The van der Waals surface area contributed by atoms with E-state index in [1.54, 1.807) is 18.4 Å². The Balaban J connectivity index is 1.74. The van der Waals surface area contributed by atoms with Gasteiger partial charge < -0.3 is 4.74 Å². The van der Waals surface area contributed by atoms with Crippen molar-refractivity contribution in [2.75, 3.05) is 12.5 Å². The van der Waals surface area contributed by atoms with Crippen molar-refractivity contribution in [3.63, 3.8) is 0 Å². The third-order valence-corrected chi connectivity index (χ3v) is 4.74. The van der Waals surface area contributed by atoms with Crippen LogP contribution in [0.2, 0.25) is 0 Å². The number of ether oxygens (including phenoxy) is 1. The number of hydrogen-bond acceptors (Lipinski definition) is 5. The second kappa shape index (κ2) is 7.49. The summed E-state index contributed by atoms with van der Waals surface area (Å²) in [6.07, 6.45) is 0. The molecule has 0 amide bonds. The van der Waals surface area contributed by atoms with Gasteiger partial charge in [0.05, 0.1) is 18.5 Å². The van der Waals surface area contributed by atoms with Gasteiger partial charge in [-0.1, -0.05) is 23.8 Å². The maximum Gasteiger partial charge on any atom is 0.203 e. The summed E-state index contributed by atoms with van der Waals surface area (Å²) in [5, 5.41) is 7.27. The van der Waals surface area contributed by atoms with Gasteiger partial charge in [0, 0.05) is 10.9 Å². The van der Waals surface area contributed by atoms with E-state index in [1.165, 1.54) is 11.1 Å². The smallest absolute Gasteiger partial charge is 0.203 e. The van der Waals surface area contributed by atoms with Gasteiger partial charge in [-0.25, -0.2) is 4.98 Å². The van der Waals surface area contributed by atoms with E-state index < -0.39 is 0 Å². The van der Waals surface area contributed by atoms with Crippen molar-refractivity contribution < 1.29 is 4.74 Å². The predicted molar refractivity (Wildman–Crippen MR) is 106 cm³/mol. The van der Waals surface area contributed by atoms with Crippen molar-refractivity contribution in [3.05, 3.63) is 64.5 Å². The monoisotopic (exact) mass is 351 g/mol. The van der Waals surface area contributed by atoms with Gasteiger partial charge in [0.1, 0.15) is 5.75 Å². The second-order valence-corrected chi connectivity index (χ2v) is 6.75. The Labute approximate surface area is 152 Å². The van der Waals surface area contributed by atoms with Crippen LogP contribution in [0.4, 0.5) is 5.13 Å². The number of nitrogens with zero attached hydrogens (tertiary/aromatic N) is 2. The first-order chi connectivity index (χ1) is 12.1. The van der Waals surface area contributed by atoms with Crippen molar-refractivity contribution in [1.82, 2.24) is 4.98 Å². The lowest BCUT2D eigenvalue weighted by Gasteiger charge is -2.04. The molecule has 0 unspecified atom stereocenters. The maximum absolute atomic E-state index is 5.18. The number of aromatic nitrogens is 1. The van der Waals surface area contributed by atoms with Gasteiger partial charge in [-0.05, 0) is 56.2 Å². The lowest BCUT2D eigenvalue weighted by molar-refractivity contribution is 0.415. The Morgan fingerprint density at radius 3 is 2.56 bits per heavy atom. The average molecular weight is 351 g/mol. The fraction of sp³-hybridized carbons (Fsp3) is 0.200. The number of hydrogen-bond donors (Lipinski definition) is 1. The van der Waals surface area contributed by atoms with Crippen LogP contribution in [0.5, 0.6) is 5.75 Å². The highest BCUT2D eigenvalue weighted by Crippen LogP contribution is 2.28. The lowest BCUT2D eigenvalue weighted by Crippen LogP contribution is -1.99. The van der Waals surface area contributed by atoms with Crippen molar-refractivity contribution >= 4 is 22.2 Å². The molecule has 1 heterocycles. The Hall–Kier alpha value is -2.66. The number of nitrogens with one attached hydrogen (secondary N) is 1. The summed E-state index contributed by atoms with van der Waals surface area (Å²) in [5.74, 6) is 0.836. The molecule has 0 saturated heterocycles. The summed E-state index contributed by atoms with van der Waals surface area (Å²) in [5.41, 5.74) is 9.61. The molecule has 0 fully saturated rings. The molecule has 128 valence electrons. The van der Waals surface area contributed by atoms with Gasteiger partial charge in [0.15, 0.2) is 0 Å². The zero-order valence-corrected chi connectivity index (χ0v) is 15.6. The van der Waals surface area contributed by atoms with E-state index in [2.05, 4.69) is 52.9 Å². The Morgan fingerprint density at radius 2 is 1.88 bits per heavy atom. The van der Waals surface area contributed by atoms with Crippen LogP contribution in [0.15, 0.2) is 52.9 Å². The molecule has 25 heavy (non-hydrogen) atoms. The molecule has 3 aromatic rings. The molecule has 0 spiro atoms. The Morgan fingerprint density at radius 1 is 1.12 bits per heavy atom. The van der Waals surface area contributed by atoms with E-state index in [9.17, 15) is 0 Å². The summed E-state index contributed by atoms with van der Waals surface area (Å²) < 4.78 is 5.18. The molecule has 3 rings (SSSR count). The van der Waals surface area contributed by atoms with Gasteiger partial charge in [-0.2, -0.15) is 5.10 Å². The number of rotatable bonds is 5. The molecule has 0 bridgehead atoms. The molecule has 0 saturated carbocycles. The molecule has 0 atom stereocenters. The zero-order valence-electron chi connectivity index (χ0n) is 14.8. The third kappa shape index (κ3) is 4.06. The van der Waals surface area contributed by atoms with E-state index in [0.29, 0.717) is 0 Å². The Kier molecular flexibility index (Phi) is 5.14. The van der Waals surface area contributed by atoms with Crippen LogP contribution in [0.3, 0.4) is 0 Å². The minimum atomic E-state index is 0.780. The average Bonchev–Trinajstić information content (AvgIpc) is 3.08. The van der Waals surface area contributed by atoms with Crippen molar-refractivity contribution in [3.8, 4) is 17.0 Å². The summed E-state index contributed by atoms with van der Waals surface area (Å²) in [6, 6.07) is 14.2. The highest BCUT2D eigenvalue weighted by Gasteiger charge is 2.07. The molecular formula is C20H21N3OS. The van der Waals surface area contributed by atoms with Gasteiger partial charge in [0.2, 0.25) is 5.13 Å². The maximum atomic E-state index is 5.18. The Bertz CT molecular complexity index is 898. The highest BCUT2D eigenvalue weighted by molar-refractivity contribution is 7.14. The van der Waals surface area contributed by atoms with E-state index in [1.807, 2.05) is 31.2 Å². The van der Waals surface area contributed by atoms with Crippen molar-refractivity contribution in [2.24, 2.45) is 5.10 Å². The normalized spacial score (nSPS) is 11.4. The second-order valence-electron chi connectivity index (χ2n) is 5.89. The van der Waals surface area contributed by atoms with E-state index in [0.717, 1.165) is 33.4 Å². The molecular weight excluding hydrogens is 330 g/mol. The summed E-state index contributed by atoms with van der Waals surface area (Å²) >= 11 is 1.55. The van der Waals surface area contributed by atoms with Gasteiger partial charge in [0.25, 0.3) is 0 Å². The summed E-state index contributed by atoms with van der Waals surface area (Å²) in [7, 11) is 1.66. The number of anilines is 1. The van der Waals surface area contributed by atoms with Crippen LogP contribution in [0.25, 0.3) is 11.3 Å². The molecule has 0 aliphatic carbocycles. The van der Waals surface area contributed by atoms with Crippen LogP contribution in [0, 0.1) is 13.8 Å². The molecule has 0 radical (unpaired) electrons. The van der Waals surface area contributed by atoms with E-state index in [-0.39, 0.29) is 0 Å². The molecule has 1 aromatic heterocycles. The van der Waals surface area contributed by atoms with Gasteiger partial charge in [-0.15, -0.1) is 11.3 Å². The number of benzene rings is 2. The summed E-state index contributed by atoms with van der Waals surface area (Å²) in [6.45, 7) is 6.18. The lowest BCUT2D eigenvalue weighted by atomic mass is 10.0. The van der Waals surface area contributed by atoms with Crippen LogP contribution < -0.4 is 10.2 Å². The van der Waals surface area contributed by atoms with Crippen LogP contribution in [-0.2, 0) is 0 Å². The molecule has 5 heteroatoms. The van der Waals surface area contributed by atoms with E-state index >= 15 is 0 Å². The zero-order chi connectivity index (χ0) is 17.8. The number of aryl methyl sites for hydroxylation is 2. The number of methoxy groups -OCH3 is 1. The molecule has 2 aromatic carbocycles. The first kappa shape index (κ1) is 17.2. The predicted octanol–water partition coefficient (Wildman–Crippen LogP) is 5.27. The van der Waals surface area contributed by atoms with Gasteiger partial charge in [-0.3, -0.25) is 5.43 Å². The number of thiazole rings is 1. The fourth-order valence-corrected chi connectivity index (χ4v) is 3.23. The van der Waals surface area contributed by atoms with Gasteiger partial charge >= 0.3 is 0 Å². The third-order valence-electron chi connectivity index (χ3n) is 3.99. The van der Waals surface area contributed by atoms with E-state index in [4.69, 9.17) is 4.74 Å². The van der Waals surface area contributed by atoms with Crippen LogP contribution in [0.1, 0.15) is 23.6 Å². The molecule has 4 nitrogen and oxygen atoms in total. The first-order valence-corrected chi connectivity index (χ1v) is 8.92.